The molecule has 0 aliphatic carbocycles. The Kier molecular flexibility index (Phi) is 5.08. The second-order valence-corrected chi connectivity index (χ2v) is 6.15. The normalized spacial score (nSPS) is 17.2. The molecule has 1 aromatic heterocycles. The van der Waals surface area contributed by atoms with Crippen molar-refractivity contribution in [1.29, 1.82) is 0 Å². The topological polar surface area (TPSA) is 69.6 Å². The summed E-state index contributed by atoms with van der Waals surface area (Å²) in [6.45, 7) is 1.09. The van der Waals surface area contributed by atoms with E-state index in [1.54, 1.807) is 23.4 Å². The van der Waals surface area contributed by atoms with Crippen molar-refractivity contribution in [1.82, 2.24) is 14.9 Å². The largest absolute Gasteiger partial charge is 0.372 e. The zero-order valence-corrected chi connectivity index (χ0v) is 14.3. The Morgan fingerprint density at radius 1 is 1.21 bits per heavy atom. The molecule has 3 rings (SSSR count). The summed E-state index contributed by atoms with van der Waals surface area (Å²) in [7, 11) is 0. The third-order valence-corrected chi connectivity index (χ3v) is 4.14. The molecule has 1 aromatic carbocycles. The minimum Gasteiger partial charge on any atom is -0.372 e. The summed E-state index contributed by atoms with van der Waals surface area (Å²) in [5.41, 5.74) is 0.767. The van der Waals surface area contributed by atoms with Crippen LogP contribution in [0.2, 0.25) is 0 Å². The number of nitrogens with zero attached hydrogens (tertiary/aromatic N) is 4. The molecule has 122 valence electrons. The predicted molar refractivity (Wildman–Crippen MR) is 93.0 cm³/mol. The van der Waals surface area contributed by atoms with Gasteiger partial charge in [0, 0.05) is 41.4 Å². The zero-order valence-electron chi connectivity index (χ0n) is 12.8. The van der Waals surface area contributed by atoms with Gasteiger partial charge in [0.2, 0.25) is 5.95 Å². The van der Waals surface area contributed by atoms with Crippen LogP contribution in [0.4, 0.5) is 5.95 Å². The van der Waals surface area contributed by atoms with Crippen LogP contribution in [-0.2, 0) is 4.79 Å². The van der Waals surface area contributed by atoms with Crippen LogP contribution in [0.5, 0.6) is 0 Å². The molecule has 2 aromatic rings. The van der Waals surface area contributed by atoms with Crippen LogP contribution in [0.3, 0.4) is 0 Å². The monoisotopic (exact) mass is 386 g/mol. The van der Waals surface area contributed by atoms with E-state index in [9.17, 15) is 9.90 Å². The standard InChI is InChI=1S/C17H15BrN4O2/c18-14-5-2-13(3-6-14)4-7-15(23)21-10-11-22(16(24)12-21)17-19-8-1-9-20-17/h1-3,5-6,8-9,16,24H,10-12H2. The molecule has 6 nitrogen and oxygen atoms in total. The van der Waals surface area contributed by atoms with Gasteiger partial charge in [-0.15, -0.1) is 0 Å². The number of piperazine rings is 1. The highest BCUT2D eigenvalue weighted by Gasteiger charge is 2.28. The van der Waals surface area contributed by atoms with Crippen molar-refractivity contribution in [3.05, 3.63) is 52.8 Å². The quantitative estimate of drug-likeness (QED) is 0.747. The Morgan fingerprint density at radius 3 is 2.58 bits per heavy atom. The first-order valence-corrected chi connectivity index (χ1v) is 8.21. The number of hydrogen-bond donors (Lipinski definition) is 1. The van der Waals surface area contributed by atoms with Gasteiger partial charge in [-0.05, 0) is 30.3 Å². The van der Waals surface area contributed by atoms with Crippen molar-refractivity contribution >= 4 is 27.8 Å². The lowest BCUT2D eigenvalue weighted by Crippen LogP contribution is -2.55. The van der Waals surface area contributed by atoms with Gasteiger partial charge in [0.25, 0.3) is 5.91 Å². The smallest absolute Gasteiger partial charge is 0.299 e. The van der Waals surface area contributed by atoms with Crippen molar-refractivity contribution in [2.45, 2.75) is 6.23 Å². The molecule has 1 unspecified atom stereocenters. The van der Waals surface area contributed by atoms with Gasteiger partial charge in [-0.3, -0.25) is 4.79 Å². The first-order chi connectivity index (χ1) is 11.6. The van der Waals surface area contributed by atoms with Gasteiger partial charge in [0.1, 0.15) is 6.23 Å². The fourth-order valence-electron chi connectivity index (χ4n) is 2.36. The maximum atomic E-state index is 12.2. The molecule has 1 atom stereocenters. The van der Waals surface area contributed by atoms with E-state index in [4.69, 9.17) is 0 Å². The van der Waals surface area contributed by atoms with Gasteiger partial charge in [-0.2, -0.15) is 0 Å². The lowest BCUT2D eigenvalue weighted by atomic mass is 10.2. The van der Waals surface area contributed by atoms with E-state index in [0.717, 1.165) is 10.0 Å². The van der Waals surface area contributed by atoms with Crippen molar-refractivity contribution in [2.75, 3.05) is 24.5 Å². The van der Waals surface area contributed by atoms with Crippen LogP contribution in [0.15, 0.2) is 47.2 Å². The number of hydrogen-bond acceptors (Lipinski definition) is 5. The Balaban J connectivity index is 1.63. The average molecular weight is 387 g/mol. The van der Waals surface area contributed by atoms with Gasteiger partial charge >= 0.3 is 0 Å². The molecule has 0 saturated carbocycles. The number of halogens is 1. The van der Waals surface area contributed by atoms with Crippen LogP contribution in [0.25, 0.3) is 0 Å². The van der Waals surface area contributed by atoms with E-state index in [1.807, 2.05) is 24.3 Å². The van der Waals surface area contributed by atoms with Gasteiger partial charge in [0.15, 0.2) is 0 Å². The van der Waals surface area contributed by atoms with E-state index in [-0.39, 0.29) is 12.5 Å². The van der Waals surface area contributed by atoms with Gasteiger partial charge in [0.05, 0.1) is 6.54 Å². The maximum absolute atomic E-state index is 12.2. The fraction of sp³-hybridized carbons (Fsp3) is 0.235. The molecule has 1 amide bonds. The third kappa shape index (κ3) is 3.91. The minimum atomic E-state index is -0.848. The zero-order chi connectivity index (χ0) is 16.9. The van der Waals surface area contributed by atoms with E-state index in [0.29, 0.717) is 19.0 Å². The Morgan fingerprint density at radius 2 is 1.92 bits per heavy atom. The number of β-amino-alcohol motifs (C(OH)–C–C–N with tert-alkyl or cyclic N) is 1. The molecule has 0 radical (unpaired) electrons. The molecular formula is C17H15BrN4O2. The van der Waals surface area contributed by atoms with E-state index in [2.05, 4.69) is 37.7 Å². The summed E-state index contributed by atoms with van der Waals surface area (Å²) in [6, 6.07) is 9.13. The van der Waals surface area contributed by atoms with Crippen molar-refractivity contribution in [2.24, 2.45) is 0 Å². The molecule has 0 spiro atoms. The number of rotatable bonds is 1. The summed E-state index contributed by atoms with van der Waals surface area (Å²) in [6.07, 6.45) is 2.39. The molecule has 1 fully saturated rings. The van der Waals surface area contributed by atoms with E-state index >= 15 is 0 Å². The molecule has 24 heavy (non-hydrogen) atoms. The van der Waals surface area contributed by atoms with Crippen LogP contribution in [-0.4, -0.2) is 51.7 Å². The van der Waals surface area contributed by atoms with Gasteiger partial charge < -0.3 is 14.9 Å². The van der Waals surface area contributed by atoms with Crippen LogP contribution < -0.4 is 4.90 Å². The van der Waals surface area contributed by atoms with Crippen molar-refractivity contribution < 1.29 is 9.90 Å². The van der Waals surface area contributed by atoms with Crippen LogP contribution in [0.1, 0.15) is 5.56 Å². The number of benzene rings is 1. The summed E-state index contributed by atoms with van der Waals surface area (Å²) < 4.78 is 0.960. The molecule has 1 saturated heterocycles. The van der Waals surface area contributed by atoms with Gasteiger partial charge in [-0.25, -0.2) is 9.97 Å². The lowest BCUT2D eigenvalue weighted by molar-refractivity contribution is -0.127. The van der Waals surface area contributed by atoms with Crippen molar-refractivity contribution in [3.63, 3.8) is 0 Å². The molecule has 1 aliphatic rings. The van der Waals surface area contributed by atoms with Crippen LogP contribution >= 0.6 is 15.9 Å². The first kappa shape index (κ1) is 16.4. The summed E-state index contributed by atoms with van der Waals surface area (Å²) in [5, 5.41) is 10.3. The Bertz CT molecular complexity index is 771. The van der Waals surface area contributed by atoms with Crippen LogP contribution in [0, 0.1) is 11.8 Å². The average Bonchev–Trinajstić information content (AvgIpc) is 2.61. The van der Waals surface area contributed by atoms with Gasteiger partial charge in [-0.1, -0.05) is 21.9 Å². The number of aliphatic hydroxyl groups is 1. The molecule has 7 heteroatoms. The molecule has 1 N–H and O–H groups in total. The highest BCUT2D eigenvalue weighted by atomic mass is 79.9. The summed E-state index contributed by atoms with van der Waals surface area (Å²) >= 11 is 3.35. The first-order valence-electron chi connectivity index (χ1n) is 7.42. The Hall–Kier alpha value is -2.43. The number of aliphatic hydroxyl groups excluding tert-OH is 1. The number of amides is 1. The maximum Gasteiger partial charge on any atom is 0.299 e. The summed E-state index contributed by atoms with van der Waals surface area (Å²) in [4.78, 5) is 23.7. The molecular weight excluding hydrogens is 372 g/mol. The fourth-order valence-corrected chi connectivity index (χ4v) is 2.62. The number of carbonyl (C=O) groups is 1. The lowest BCUT2D eigenvalue weighted by Gasteiger charge is -2.37. The SMILES string of the molecule is O=C(C#Cc1ccc(Br)cc1)N1CCN(c2ncccn2)C(O)C1. The molecule has 2 heterocycles. The minimum absolute atomic E-state index is 0.173. The highest BCUT2D eigenvalue weighted by molar-refractivity contribution is 9.10. The van der Waals surface area contributed by atoms with Crippen molar-refractivity contribution in [3.8, 4) is 11.8 Å². The molecule has 0 bridgehead atoms. The Labute approximate surface area is 148 Å². The highest BCUT2D eigenvalue weighted by Crippen LogP contribution is 2.14. The second-order valence-electron chi connectivity index (χ2n) is 5.23. The predicted octanol–water partition coefficient (Wildman–Crippen LogP) is 1.26. The third-order valence-electron chi connectivity index (χ3n) is 3.61. The second kappa shape index (κ2) is 7.43. The number of anilines is 1. The molecule has 1 aliphatic heterocycles. The van der Waals surface area contributed by atoms with E-state index in [1.165, 1.54) is 4.90 Å². The number of aromatic nitrogens is 2. The summed E-state index contributed by atoms with van der Waals surface area (Å²) in [5.74, 6) is 5.62. The number of carbonyl (C=O) groups excluding carboxylic acids is 1. The van der Waals surface area contributed by atoms with E-state index < -0.39 is 6.23 Å².